The van der Waals surface area contributed by atoms with Gasteiger partial charge in [0.2, 0.25) is 0 Å². The lowest BCUT2D eigenvalue weighted by atomic mass is 10.1. The molecular weight excluding hydrogens is 793 g/mol. The minimum absolute atomic E-state index is 0.0664. The maximum absolute atomic E-state index is 12.5. The first-order chi connectivity index (χ1) is 30.8. The Labute approximate surface area is 369 Å². The van der Waals surface area contributed by atoms with Crippen LogP contribution in [0.2, 0.25) is 0 Å². The highest BCUT2D eigenvalue weighted by Crippen LogP contribution is 2.28. The van der Waals surface area contributed by atoms with Gasteiger partial charge in [-0.1, -0.05) is 93.7 Å². The predicted molar refractivity (Wildman–Crippen MR) is 247 cm³/mol. The number of allylic oxidation sites excluding steroid dienone is 6. The van der Waals surface area contributed by atoms with E-state index in [0.29, 0.717) is 17.5 Å². The minimum Gasteiger partial charge on any atom is -0.463 e. The molecule has 4 aromatic rings. The Balaban J connectivity index is 1.07. The molecule has 0 aliphatic heterocycles. The van der Waals surface area contributed by atoms with Gasteiger partial charge in [-0.15, -0.1) is 0 Å². The highest BCUT2D eigenvalue weighted by Gasteiger charge is 2.21. The molecule has 3 atom stereocenters. The van der Waals surface area contributed by atoms with Crippen LogP contribution in [-0.2, 0) is 28.6 Å². The largest absolute Gasteiger partial charge is 0.463 e. The first kappa shape index (κ1) is 44.0. The molecule has 0 amide bonds. The molecule has 12 nitrogen and oxygen atoms in total. The van der Waals surface area contributed by atoms with Crippen molar-refractivity contribution in [1.82, 2.24) is 15.0 Å². The van der Waals surface area contributed by atoms with E-state index in [1.54, 1.807) is 0 Å². The molecule has 3 aliphatic rings. The molecule has 0 saturated carbocycles. The summed E-state index contributed by atoms with van der Waals surface area (Å²) in [5.74, 6) is -0.255. The first-order valence-corrected chi connectivity index (χ1v) is 21.7. The van der Waals surface area contributed by atoms with Crippen molar-refractivity contribution in [3.8, 4) is 34.2 Å². The smallest absolute Gasteiger partial charge is 0.316 e. The Morgan fingerprint density at radius 3 is 0.889 bits per heavy atom. The summed E-state index contributed by atoms with van der Waals surface area (Å²) < 4.78 is 16.8. The van der Waals surface area contributed by atoms with Crippen LogP contribution < -0.4 is 16.0 Å². The number of nitrogens with zero attached hydrogens (tertiary/aromatic N) is 3. The molecule has 3 aliphatic carbocycles. The van der Waals surface area contributed by atoms with Gasteiger partial charge < -0.3 is 30.2 Å². The normalized spacial score (nSPS) is 15.7. The van der Waals surface area contributed by atoms with E-state index in [9.17, 15) is 14.4 Å². The molecule has 3 aromatic carbocycles. The monoisotopic (exact) mass is 846 g/mol. The standard InChI is InChI=1S/C51H54N6O6/c1-4-40(31-61-49(58)37-13-7-8-14-37)52-43-25-19-34(20-26-43)46-55-47(35-21-27-44(28-22-35)53-41(5-2)32-62-50(59)38-15-9-10-16-38)57-48(56-46)36-23-29-45(30-24-36)54-42(6-3)33-63-51(60)39-17-11-12-18-39/h7-30,37-42,52-54H,4-6,31-33H2,1-3H3. The Bertz CT molecular complexity index is 2070. The van der Waals surface area contributed by atoms with E-state index in [0.717, 1.165) is 53.0 Å². The molecule has 1 aromatic heterocycles. The van der Waals surface area contributed by atoms with E-state index >= 15 is 0 Å². The second-order valence-electron chi connectivity index (χ2n) is 15.6. The van der Waals surface area contributed by atoms with Crippen molar-refractivity contribution in [3.05, 3.63) is 146 Å². The summed E-state index contributed by atoms with van der Waals surface area (Å²) in [6.07, 6.45) is 24.3. The topological polar surface area (TPSA) is 154 Å². The van der Waals surface area contributed by atoms with E-state index in [4.69, 9.17) is 29.2 Å². The third kappa shape index (κ3) is 12.1. The van der Waals surface area contributed by atoms with Gasteiger partial charge in [0, 0.05) is 33.8 Å². The fourth-order valence-corrected chi connectivity index (χ4v) is 7.01. The summed E-state index contributed by atoms with van der Waals surface area (Å²) in [6, 6.07) is 23.4. The van der Waals surface area contributed by atoms with Gasteiger partial charge in [-0.05, 0) is 92.1 Å². The summed E-state index contributed by atoms with van der Waals surface area (Å²) in [5.41, 5.74) is 5.03. The van der Waals surface area contributed by atoms with E-state index in [1.165, 1.54) is 0 Å². The zero-order valence-corrected chi connectivity index (χ0v) is 35.9. The fraction of sp³-hybridized carbons (Fsp3) is 0.294. The fourth-order valence-electron chi connectivity index (χ4n) is 7.01. The van der Waals surface area contributed by atoms with Crippen molar-refractivity contribution >= 4 is 35.0 Å². The van der Waals surface area contributed by atoms with Gasteiger partial charge in [0.15, 0.2) is 17.5 Å². The summed E-state index contributed by atoms with van der Waals surface area (Å²) >= 11 is 0. The molecule has 0 bridgehead atoms. The number of rotatable bonds is 21. The zero-order chi connectivity index (χ0) is 44.0. The molecule has 12 heteroatoms. The Kier molecular flexibility index (Phi) is 15.1. The second kappa shape index (κ2) is 21.6. The quantitative estimate of drug-likeness (QED) is 0.0541. The van der Waals surface area contributed by atoms with Crippen LogP contribution in [-0.4, -0.2) is 70.8 Å². The molecule has 0 spiro atoms. The van der Waals surface area contributed by atoms with Crippen LogP contribution >= 0.6 is 0 Å². The van der Waals surface area contributed by atoms with Crippen molar-refractivity contribution in [2.75, 3.05) is 35.8 Å². The van der Waals surface area contributed by atoms with Gasteiger partial charge in [0.05, 0.1) is 35.9 Å². The Morgan fingerprint density at radius 2 is 0.667 bits per heavy atom. The second-order valence-corrected chi connectivity index (χ2v) is 15.6. The number of ether oxygens (including phenoxy) is 3. The van der Waals surface area contributed by atoms with Crippen LogP contribution in [0.25, 0.3) is 34.2 Å². The molecule has 0 saturated heterocycles. The highest BCUT2D eigenvalue weighted by atomic mass is 16.5. The van der Waals surface area contributed by atoms with Crippen molar-refractivity contribution in [3.63, 3.8) is 0 Å². The number of carbonyl (C=O) groups is 3. The molecule has 0 fully saturated rings. The lowest BCUT2D eigenvalue weighted by Gasteiger charge is -2.19. The van der Waals surface area contributed by atoms with E-state index in [-0.39, 0.29) is 73.6 Å². The maximum Gasteiger partial charge on any atom is 0.316 e. The number of nitrogens with one attached hydrogen (secondary N) is 3. The average molecular weight is 847 g/mol. The van der Waals surface area contributed by atoms with Gasteiger partial charge in [0.1, 0.15) is 19.8 Å². The first-order valence-electron chi connectivity index (χ1n) is 21.7. The molecule has 63 heavy (non-hydrogen) atoms. The molecule has 7 rings (SSSR count). The third-order valence-electron chi connectivity index (χ3n) is 11.0. The summed E-state index contributed by atoms with van der Waals surface area (Å²) in [6.45, 7) is 6.91. The van der Waals surface area contributed by atoms with Crippen molar-refractivity contribution < 1.29 is 28.6 Å². The molecular formula is C51H54N6O6. The van der Waals surface area contributed by atoms with Gasteiger partial charge in [-0.2, -0.15) is 0 Å². The number of hydrogen-bond acceptors (Lipinski definition) is 12. The number of aromatic nitrogens is 3. The molecule has 1 heterocycles. The Morgan fingerprint density at radius 1 is 0.429 bits per heavy atom. The Hall–Kier alpha value is -7.08. The average Bonchev–Trinajstić information content (AvgIpc) is 4.17. The molecule has 3 N–H and O–H groups in total. The van der Waals surface area contributed by atoms with Gasteiger partial charge in [0.25, 0.3) is 0 Å². The van der Waals surface area contributed by atoms with Crippen molar-refractivity contribution in [2.45, 2.75) is 58.2 Å². The highest BCUT2D eigenvalue weighted by molar-refractivity contribution is 5.79. The zero-order valence-electron chi connectivity index (χ0n) is 35.9. The van der Waals surface area contributed by atoms with Crippen molar-refractivity contribution in [2.24, 2.45) is 17.8 Å². The van der Waals surface area contributed by atoms with E-state index < -0.39 is 0 Å². The van der Waals surface area contributed by atoms with E-state index in [1.807, 2.05) is 166 Å². The van der Waals surface area contributed by atoms with Crippen LogP contribution in [0.4, 0.5) is 17.1 Å². The van der Waals surface area contributed by atoms with Crippen LogP contribution in [0.3, 0.4) is 0 Å². The van der Waals surface area contributed by atoms with Gasteiger partial charge in [-0.25, -0.2) is 15.0 Å². The third-order valence-corrected chi connectivity index (χ3v) is 11.0. The summed E-state index contributed by atoms with van der Waals surface area (Å²) in [4.78, 5) is 52.3. The summed E-state index contributed by atoms with van der Waals surface area (Å²) in [7, 11) is 0. The van der Waals surface area contributed by atoms with Crippen LogP contribution in [0.15, 0.2) is 146 Å². The van der Waals surface area contributed by atoms with Crippen LogP contribution in [0.1, 0.15) is 40.0 Å². The molecule has 3 unspecified atom stereocenters. The lowest BCUT2D eigenvalue weighted by Crippen LogP contribution is -2.27. The van der Waals surface area contributed by atoms with E-state index in [2.05, 4.69) is 16.0 Å². The number of carbonyl (C=O) groups excluding carboxylic acids is 3. The van der Waals surface area contributed by atoms with Crippen LogP contribution in [0, 0.1) is 17.8 Å². The number of benzene rings is 3. The molecule has 324 valence electrons. The molecule has 0 radical (unpaired) electrons. The van der Waals surface area contributed by atoms with Crippen LogP contribution in [0.5, 0.6) is 0 Å². The SMILES string of the molecule is CCC(COC(=O)C1C=CC=C1)Nc1ccc(-c2nc(-c3ccc(NC(CC)COC(=O)C4C=CC=C4)cc3)nc(-c3ccc(NC(CC)COC(=O)C4C=CC=C4)cc3)n2)cc1. The van der Waals surface area contributed by atoms with Gasteiger partial charge >= 0.3 is 17.9 Å². The van der Waals surface area contributed by atoms with Crippen molar-refractivity contribution in [1.29, 1.82) is 0 Å². The number of hydrogen-bond donors (Lipinski definition) is 3. The summed E-state index contributed by atoms with van der Waals surface area (Å²) in [5, 5.41) is 10.5. The lowest BCUT2D eigenvalue weighted by molar-refractivity contribution is -0.146. The number of esters is 3. The minimum atomic E-state index is -0.330. The number of anilines is 3. The predicted octanol–water partition coefficient (Wildman–Crippen LogP) is 9.30. The van der Waals surface area contributed by atoms with Gasteiger partial charge in [-0.3, -0.25) is 14.4 Å². The maximum atomic E-state index is 12.5.